The van der Waals surface area contributed by atoms with Crippen LogP contribution < -0.4 is 5.56 Å². The highest BCUT2D eigenvalue weighted by Gasteiger charge is 2.24. The van der Waals surface area contributed by atoms with Crippen molar-refractivity contribution in [3.63, 3.8) is 0 Å². The predicted octanol–water partition coefficient (Wildman–Crippen LogP) is 2.24. The largest absolute Gasteiger partial charge is 0.383 e. The van der Waals surface area contributed by atoms with Crippen molar-refractivity contribution in [3.05, 3.63) is 70.3 Å². The average molecular weight is 473 g/mol. The molecule has 3 aromatic rings. The molecule has 0 spiro atoms. The maximum atomic E-state index is 13.6. The van der Waals surface area contributed by atoms with Gasteiger partial charge in [0.2, 0.25) is 15.6 Å². The highest BCUT2D eigenvalue weighted by atomic mass is 32.2. The number of amides is 1. The number of aromatic nitrogens is 2. The summed E-state index contributed by atoms with van der Waals surface area (Å²) in [7, 11) is -2.20. The Hall–Kier alpha value is -3.08. The maximum absolute atomic E-state index is 13.6. The number of benzene rings is 1. The Morgan fingerprint density at radius 3 is 2.52 bits per heavy atom. The molecule has 10 heteroatoms. The first-order valence-electron chi connectivity index (χ1n) is 10.7. The number of carbonyl (C=O) groups excluding carboxylic acids is 1. The fourth-order valence-corrected chi connectivity index (χ4v) is 5.08. The van der Waals surface area contributed by atoms with E-state index in [0.29, 0.717) is 36.3 Å². The minimum Gasteiger partial charge on any atom is -0.383 e. The SMILES string of the molecule is CCN(CC)S(=O)(=O)c1ccc2[nH]c(=O)cc(C(=O)N(CCOC)Cc3ccccn3)c2c1. The number of pyridine rings is 2. The van der Waals surface area contributed by atoms with Gasteiger partial charge in [0.05, 0.1) is 29.3 Å². The summed E-state index contributed by atoms with van der Waals surface area (Å²) < 4.78 is 32.6. The average Bonchev–Trinajstić information content (AvgIpc) is 2.81. The van der Waals surface area contributed by atoms with E-state index >= 15 is 0 Å². The first-order valence-corrected chi connectivity index (χ1v) is 12.1. The zero-order valence-electron chi connectivity index (χ0n) is 18.9. The van der Waals surface area contributed by atoms with Crippen molar-refractivity contribution in [1.82, 2.24) is 19.2 Å². The molecule has 1 aromatic carbocycles. The summed E-state index contributed by atoms with van der Waals surface area (Å²) in [4.78, 5) is 34.4. The second-order valence-corrected chi connectivity index (χ2v) is 9.32. The molecule has 0 unspecified atom stereocenters. The van der Waals surface area contributed by atoms with Crippen LogP contribution in [0.3, 0.4) is 0 Å². The summed E-state index contributed by atoms with van der Waals surface area (Å²) in [6.07, 6.45) is 1.64. The molecule has 0 saturated heterocycles. The molecule has 3 rings (SSSR count). The second kappa shape index (κ2) is 10.7. The van der Waals surface area contributed by atoms with Crippen molar-refractivity contribution in [2.45, 2.75) is 25.3 Å². The Bertz CT molecular complexity index is 1270. The van der Waals surface area contributed by atoms with Crippen LogP contribution in [0.15, 0.2) is 58.4 Å². The van der Waals surface area contributed by atoms with Crippen LogP contribution in [0.4, 0.5) is 0 Å². The van der Waals surface area contributed by atoms with Crippen molar-refractivity contribution in [2.24, 2.45) is 0 Å². The van der Waals surface area contributed by atoms with Gasteiger partial charge in [-0.2, -0.15) is 4.31 Å². The van der Waals surface area contributed by atoms with Gasteiger partial charge in [0, 0.05) is 49.9 Å². The molecule has 1 amide bonds. The van der Waals surface area contributed by atoms with Gasteiger partial charge in [-0.05, 0) is 30.3 Å². The first-order chi connectivity index (χ1) is 15.8. The van der Waals surface area contributed by atoms with Crippen molar-refractivity contribution >= 4 is 26.8 Å². The van der Waals surface area contributed by atoms with Crippen LogP contribution in [0.25, 0.3) is 10.9 Å². The molecule has 0 atom stereocenters. The third kappa shape index (κ3) is 5.47. The number of methoxy groups -OCH3 is 1. The Morgan fingerprint density at radius 2 is 1.88 bits per heavy atom. The zero-order chi connectivity index (χ0) is 24.0. The van der Waals surface area contributed by atoms with E-state index in [9.17, 15) is 18.0 Å². The number of fused-ring (bicyclic) bond motifs is 1. The summed E-state index contributed by atoms with van der Waals surface area (Å²) in [5.41, 5.74) is 0.738. The molecule has 0 bridgehead atoms. The van der Waals surface area contributed by atoms with E-state index in [1.807, 2.05) is 6.07 Å². The van der Waals surface area contributed by atoms with Crippen molar-refractivity contribution < 1.29 is 17.9 Å². The number of carbonyl (C=O) groups is 1. The van der Waals surface area contributed by atoms with E-state index in [0.717, 1.165) is 0 Å². The molecular weight excluding hydrogens is 444 g/mol. The van der Waals surface area contributed by atoms with Gasteiger partial charge in [0.25, 0.3) is 5.91 Å². The van der Waals surface area contributed by atoms with Crippen LogP contribution in [0, 0.1) is 0 Å². The molecule has 9 nitrogen and oxygen atoms in total. The predicted molar refractivity (Wildman–Crippen MR) is 126 cm³/mol. The summed E-state index contributed by atoms with van der Waals surface area (Å²) >= 11 is 0. The molecule has 2 heterocycles. The Labute approximate surface area is 193 Å². The maximum Gasteiger partial charge on any atom is 0.255 e. The number of hydrogen-bond donors (Lipinski definition) is 1. The van der Waals surface area contributed by atoms with E-state index in [1.165, 1.54) is 40.6 Å². The number of nitrogens with one attached hydrogen (secondary N) is 1. The summed E-state index contributed by atoms with van der Waals surface area (Å²) in [6.45, 7) is 4.96. The highest BCUT2D eigenvalue weighted by molar-refractivity contribution is 7.89. The van der Waals surface area contributed by atoms with E-state index < -0.39 is 21.5 Å². The number of rotatable bonds is 10. The Kier molecular flexibility index (Phi) is 7.96. The van der Waals surface area contributed by atoms with Crippen LogP contribution in [-0.4, -0.2) is 66.8 Å². The number of hydrogen-bond acceptors (Lipinski definition) is 6. The molecule has 1 N–H and O–H groups in total. The van der Waals surface area contributed by atoms with Gasteiger partial charge in [-0.25, -0.2) is 8.42 Å². The number of sulfonamides is 1. The van der Waals surface area contributed by atoms with Crippen molar-refractivity contribution in [3.8, 4) is 0 Å². The lowest BCUT2D eigenvalue weighted by Gasteiger charge is -2.23. The van der Waals surface area contributed by atoms with E-state index in [1.54, 1.807) is 32.2 Å². The first kappa shape index (κ1) is 24.6. The Balaban J connectivity index is 2.11. The third-order valence-corrected chi connectivity index (χ3v) is 7.37. The number of H-pyrrole nitrogens is 1. The van der Waals surface area contributed by atoms with Gasteiger partial charge in [0.1, 0.15) is 0 Å². The van der Waals surface area contributed by atoms with E-state index in [-0.39, 0.29) is 23.5 Å². The molecule has 2 aromatic heterocycles. The second-order valence-electron chi connectivity index (χ2n) is 7.38. The lowest BCUT2D eigenvalue weighted by Crippen LogP contribution is -2.34. The minimum absolute atomic E-state index is 0.0629. The van der Waals surface area contributed by atoms with Crippen LogP contribution in [0.2, 0.25) is 0 Å². The van der Waals surface area contributed by atoms with Gasteiger partial charge in [0.15, 0.2) is 0 Å². The van der Waals surface area contributed by atoms with Gasteiger partial charge in [-0.15, -0.1) is 0 Å². The summed E-state index contributed by atoms with van der Waals surface area (Å²) in [5.74, 6) is -0.411. The molecule has 0 aliphatic carbocycles. The third-order valence-electron chi connectivity index (χ3n) is 5.32. The van der Waals surface area contributed by atoms with E-state index in [4.69, 9.17) is 4.74 Å². The van der Waals surface area contributed by atoms with Crippen LogP contribution in [0.1, 0.15) is 29.9 Å². The highest BCUT2D eigenvalue weighted by Crippen LogP contribution is 2.24. The zero-order valence-corrected chi connectivity index (χ0v) is 19.8. The summed E-state index contributed by atoms with van der Waals surface area (Å²) in [5, 5.41) is 0.358. The standard InChI is InChI=1S/C23H28N4O5S/c1-4-27(5-2)33(30,31)18-9-10-21-19(14-18)20(15-22(28)25-21)23(29)26(12-13-32-3)16-17-8-6-7-11-24-17/h6-11,14-15H,4-5,12-13,16H2,1-3H3,(H,25,28). The fraction of sp³-hybridized carbons (Fsp3) is 0.348. The minimum atomic E-state index is -3.74. The van der Waals surface area contributed by atoms with E-state index in [2.05, 4.69) is 9.97 Å². The smallest absolute Gasteiger partial charge is 0.255 e. The Morgan fingerprint density at radius 1 is 1.12 bits per heavy atom. The molecule has 0 saturated carbocycles. The van der Waals surface area contributed by atoms with Crippen molar-refractivity contribution in [2.75, 3.05) is 33.4 Å². The molecular formula is C23H28N4O5S. The number of aromatic amines is 1. The molecule has 33 heavy (non-hydrogen) atoms. The fourth-order valence-electron chi connectivity index (χ4n) is 3.59. The molecule has 0 radical (unpaired) electrons. The molecule has 0 aliphatic rings. The van der Waals surface area contributed by atoms with Gasteiger partial charge in [-0.1, -0.05) is 19.9 Å². The normalized spacial score (nSPS) is 11.8. The number of nitrogens with zero attached hydrogens (tertiary/aromatic N) is 3. The molecule has 0 fully saturated rings. The molecule has 0 aliphatic heterocycles. The van der Waals surface area contributed by atoms with Crippen LogP contribution in [0.5, 0.6) is 0 Å². The quantitative estimate of drug-likeness (QED) is 0.484. The van der Waals surface area contributed by atoms with Crippen molar-refractivity contribution in [1.29, 1.82) is 0 Å². The monoisotopic (exact) mass is 472 g/mol. The molecule has 176 valence electrons. The summed E-state index contributed by atoms with van der Waals surface area (Å²) in [6, 6.07) is 11.0. The lowest BCUT2D eigenvalue weighted by molar-refractivity contribution is 0.0679. The van der Waals surface area contributed by atoms with Crippen LogP contribution in [-0.2, 0) is 21.3 Å². The number of ether oxygens (including phenoxy) is 1. The topological polar surface area (TPSA) is 113 Å². The van der Waals surface area contributed by atoms with Gasteiger partial charge < -0.3 is 14.6 Å². The van der Waals surface area contributed by atoms with Gasteiger partial charge >= 0.3 is 0 Å². The van der Waals surface area contributed by atoms with Gasteiger partial charge in [-0.3, -0.25) is 14.6 Å². The van der Waals surface area contributed by atoms with Crippen LogP contribution >= 0.6 is 0 Å². The lowest BCUT2D eigenvalue weighted by atomic mass is 10.1.